The monoisotopic (exact) mass is 301 g/mol. The molecule has 4 nitrogen and oxygen atoms in total. The Bertz CT molecular complexity index is 706. The Kier molecular flexibility index (Phi) is 3.72. The van der Waals surface area contributed by atoms with Gasteiger partial charge in [-0.15, -0.1) is 0 Å². The third-order valence-electron chi connectivity index (χ3n) is 4.56. The van der Waals surface area contributed by atoms with Gasteiger partial charge in [0.15, 0.2) is 0 Å². The van der Waals surface area contributed by atoms with Crippen LogP contribution in [0.4, 0.5) is 4.39 Å². The SMILES string of the molecule is Cc1c(C(=O)N(C)C(C)C2CC2)cnn1-c1ccccc1F. The fourth-order valence-electron chi connectivity index (χ4n) is 2.76. The number of halogens is 1. The van der Waals surface area contributed by atoms with E-state index in [0.717, 1.165) is 0 Å². The van der Waals surface area contributed by atoms with Crippen LogP contribution in [0, 0.1) is 18.7 Å². The molecule has 0 N–H and O–H groups in total. The first-order chi connectivity index (χ1) is 10.5. The number of hydrogen-bond acceptors (Lipinski definition) is 2. The van der Waals surface area contributed by atoms with Gasteiger partial charge in [0.05, 0.1) is 17.5 Å². The van der Waals surface area contributed by atoms with Crippen LogP contribution in [0.3, 0.4) is 0 Å². The Morgan fingerprint density at radius 2 is 2.09 bits per heavy atom. The van der Waals surface area contributed by atoms with Gasteiger partial charge in [-0.3, -0.25) is 4.79 Å². The number of carbonyl (C=O) groups excluding carboxylic acids is 1. The fraction of sp³-hybridized carbons (Fsp3) is 0.412. The van der Waals surface area contributed by atoms with Crippen molar-refractivity contribution in [1.82, 2.24) is 14.7 Å². The molecule has 0 bridgehead atoms. The highest BCUT2D eigenvalue weighted by Gasteiger charge is 2.33. The molecule has 1 fully saturated rings. The number of carbonyl (C=O) groups is 1. The molecule has 2 aromatic rings. The maximum atomic E-state index is 13.9. The van der Waals surface area contributed by atoms with Gasteiger partial charge in [-0.25, -0.2) is 9.07 Å². The molecule has 0 radical (unpaired) electrons. The zero-order chi connectivity index (χ0) is 15.9. The lowest BCUT2D eigenvalue weighted by atomic mass is 10.1. The molecule has 1 aromatic carbocycles. The summed E-state index contributed by atoms with van der Waals surface area (Å²) >= 11 is 0. The Balaban J connectivity index is 1.90. The van der Waals surface area contributed by atoms with Gasteiger partial charge in [-0.2, -0.15) is 5.10 Å². The van der Waals surface area contributed by atoms with Crippen LogP contribution in [-0.4, -0.2) is 33.7 Å². The average molecular weight is 301 g/mol. The molecule has 1 heterocycles. The molecule has 1 unspecified atom stereocenters. The van der Waals surface area contributed by atoms with Crippen molar-refractivity contribution in [2.75, 3.05) is 7.05 Å². The van der Waals surface area contributed by atoms with E-state index in [9.17, 15) is 9.18 Å². The van der Waals surface area contributed by atoms with E-state index in [1.807, 2.05) is 7.05 Å². The number of aromatic nitrogens is 2. The van der Waals surface area contributed by atoms with Crippen LogP contribution in [0.25, 0.3) is 5.69 Å². The third-order valence-corrected chi connectivity index (χ3v) is 4.56. The normalized spacial score (nSPS) is 15.6. The van der Waals surface area contributed by atoms with E-state index < -0.39 is 0 Å². The number of rotatable bonds is 4. The lowest BCUT2D eigenvalue weighted by molar-refractivity contribution is 0.0726. The van der Waals surface area contributed by atoms with E-state index in [0.29, 0.717) is 22.9 Å². The molecule has 3 rings (SSSR count). The quantitative estimate of drug-likeness (QED) is 0.870. The molecule has 0 aliphatic heterocycles. The molecule has 1 amide bonds. The van der Waals surface area contributed by atoms with Crippen molar-refractivity contribution >= 4 is 5.91 Å². The van der Waals surface area contributed by atoms with Gasteiger partial charge in [-0.1, -0.05) is 12.1 Å². The first kappa shape index (κ1) is 14.8. The second-order valence-electron chi connectivity index (χ2n) is 6.00. The summed E-state index contributed by atoms with van der Waals surface area (Å²) in [5.74, 6) is 0.197. The van der Waals surface area contributed by atoms with Gasteiger partial charge in [0.2, 0.25) is 0 Å². The minimum atomic E-state index is -0.354. The molecule has 1 aromatic heterocycles. The van der Waals surface area contributed by atoms with Gasteiger partial charge in [0, 0.05) is 13.1 Å². The number of benzene rings is 1. The molecule has 0 spiro atoms. The van der Waals surface area contributed by atoms with Crippen LogP contribution in [0.5, 0.6) is 0 Å². The number of nitrogens with zero attached hydrogens (tertiary/aromatic N) is 3. The van der Waals surface area contributed by atoms with Crippen molar-refractivity contribution in [2.24, 2.45) is 5.92 Å². The Labute approximate surface area is 129 Å². The van der Waals surface area contributed by atoms with Crippen molar-refractivity contribution in [2.45, 2.75) is 32.7 Å². The molecule has 1 atom stereocenters. The average Bonchev–Trinajstić information content (AvgIpc) is 3.29. The van der Waals surface area contributed by atoms with E-state index in [2.05, 4.69) is 12.0 Å². The van der Waals surface area contributed by atoms with Crippen LogP contribution in [-0.2, 0) is 0 Å². The summed E-state index contributed by atoms with van der Waals surface area (Å²) in [6.07, 6.45) is 3.90. The maximum absolute atomic E-state index is 13.9. The fourth-order valence-corrected chi connectivity index (χ4v) is 2.76. The molecule has 0 saturated heterocycles. The second-order valence-corrected chi connectivity index (χ2v) is 6.00. The molecule has 5 heteroatoms. The summed E-state index contributed by atoms with van der Waals surface area (Å²) in [7, 11) is 1.82. The van der Waals surface area contributed by atoms with Crippen molar-refractivity contribution in [3.05, 3.63) is 47.5 Å². The van der Waals surface area contributed by atoms with Gasteiger partial charge >= 0.3 is 0 Å². The largest absolute Gasteiger partial charge is 0.339 e. The second kappa shape index (κ2) is 5.55. The van der Waals surface area contributed by atoms with Crippen LogP contribution in [0.1, 0.15) is 35.8 Å². The zero-order valence-electron chi connectivity index (χ0n) is 13.1. The molecule has 1 aliphatic rings. The summed E-state index contributed by atoms with van der Waals surface area (Å²) in [6.45, 7) is 3.87. The summed E-state index contributed by atoms with van der Waals surface area (Å²) in [5.41, 5.74) is 1.54. The lowest BCUT2D eigenvalue weighted by Crippen LogP contribution is -2.36. The van der Waals surface area contributed by atoms with Crippen molar-refractivity contribution in [3.63, 3.8) is 0 Å². The Hall–Kier alpha value is -2.17. The highest BCUT2D eigenvalue weighted by atomic mass is 19.1. The first-order valence-corrected chi connectivity index (χ1v) is 7.57. The van der Waals surface area contributed by atoms with E-state index in [-0.39, 0.29) is 17.8 Å². The minimum Gasteiger partial charge on any atom is -0.339 e. The Morgan fingerprint density at radius 1 is 1.41 bits per heavy atom. The molecule has 116 valence electrons. The predicted molar refractivity (Wildman–Crippen MR) is 82.5 cm³/mol. The first-order valence-electron chi connectivity index (χ1n) is 7.57. The van der Waals surface area contributed by atoms with Crippen molar-refractivity contribution in [3.8, 4) is 5.69 Å². The summed E-state index contributed by atoms with van der Waals surface area (Å²) in [5, 5.41) is 4.20. The Morgan fingerprint density at radius 3 is 2.73 bits per heavy atom. The summed E-state index contributed by atoms with van der Waals surface area (Å²) in [6, 6.07) is 6.65. The van der Waals surface area contributed by atoms with Gasteiger partial charge in [0.25, 0.3) is 5.91 Å². The number of hydrogen-bond donors (Lipinski definition) is 0. The molecule has 1 saturated carbocycles. The summed E-state index contributed by atoms with van der Waals surface area (Å²) < 4.78 is 15.4. The number of para-hydroxylation sites is 1. The van der Waals surface area contributed by atoms with Crippen LogP contribution < -0.4 is 0 Å². The van der Waals surface area contributed by atoms with E-state index in [4.69, 9.17) is 0 Å². The smallest absolute Gasteiger partial charge is 0.257 e. The van der Waals surface area contributed by atoms with Crippen LogP contribution >= 0.6 is 0 Å². The van der Waals surface area contributed by atoms with Gasteiger partial charge in [-0.05, 0) is 44.7 Å². The third kappa shape index (κ3) is 2.51. The van der Waals surface area contributed by atoms with E-state index in [1.165, 1.54) is 29.8 Å². The minimum absolute atomic E-state index is 0.0560. The summed E-state index contributed by atoms with van der Waals surface area (Å²) in [4.78, 5) is 14.4. The van der Waals surface area contributed by atoms with Crippen molar-refractivity contribution in [1.29, 1.82) is 0 Å². The standard InChI is InChI=1S/C17H20FN3O/c1-11(13-8-9-13)20(3)17(22)14-10-19-21(12(14)2)16-7-5-4-6-15(16)18/h4-7,10-11,13H,8-9H2,1-3H3. The van der Waals surface area contributed by atoms with Crippen molar-refractivity contribution < 1.29 is 9.18 Å². The molecule has 22 heavy (non-hydrogen) atoms. The zero-order valence-corrected chi connectivity index (χ0v) is 13.1. The maximum Gasteiger partial charge on any atom is 0.257 e. The van der Waals surface area contributed by atoms with Crippen LogP contribution in [0.15, 0.2) is 30.5 Å². The van der Waals surface area contributed by atoms with Crippen LogP contribution in [0.2, 0.25) is 0 Å². The lowest BCUT2D eigenvalue weighted by Gasteiger charge is -2.24. The highest BCUT2D eigenvalue weighted by molar-refractivity contribution is 5.95. The molecular weight excluding hydrogens is 281 g/mol. The predicted octanol–water partition coefficient (Wildman–Crippen LogP) is 3.19. The van der Waals surface area contributed by atoms with Gasteiger partial charge < -0.3 is 4.90 Å². The highest BCUT2D eigenvalue weighted by Crippen LogP contribution is 2.35. The van der Waals surface area contributed by atoms with E-state index in [1.54, 1.807) is 30.0 Å². The van der Waals surface area contributed by atoms with E-state index >= 15 is 0 Å². The molecule has 1 aliphatic carbocycles. The number of amides is 1. The molecular formula is C17H20FN3O. The topological polar surface area (TPSA) is 38.1 Å². The van der Waals surface area contributed by atoms with Gasteiger partial charge in [0.1, 0.15) is 11.5 Å².